The van der Waals surface area contributed by atoms with Crippen molar-refractivity contribution in [1.29, 1.82) is 0 Å². The molecule has 1 N–H and O–H groups in total. The third kappa shape index (κ3) is 2.12. The maximum absolute atomic E-state index is 5.98. The van der Waals surface area contributed by atoms with Crippen LogP contribution in [0.1, 0.15) is 17.0 Å². The van der Waals surface area contributed by atoms with Crippen molar-refractivity contribution in [1.82, 2.24) is 9.97 Å². The molecule has 0 aliphatic heterocycles. The Balaban J connectivity index is 1.98. The van der Waals surface area contributed by atoms with Crippen molar-refractivity contribution in [3.8, 4) is 0 Å². The Kier molecular flexibility index (Phi) is 2.80. The molecule has 2 nitrogen and oxygen atoms in total. The number of hydrogen-bond acceptors (Lipinski definition) is 1. The van der Waals surface area contributed by atoms with Gasteiger partial charge in [0.25, 0.3) is 0 Å². The molecule has 0 unspecified atom stereocenters. The van der Waals surface area contributed by atoms with Crippen LogP contribution < -0.4 is 0 Å². The van der Waals surface area contributed by atoms with E-state index in [1.807, 2.05) is 24.3 Å². The molecule has 1 aromatic heterocycles. The van der Waals surface area contributed by atoms with Crippen molar-refractivity contribution in [2.24, 2.45) is 0 Å². The van der Waals surface area contributed by atoms with E-state index in [1.54, 1.807) is 0 Å². The summed E-state index contributed by atoms with van der Waals surface area (Å²) in [5, 5.41) is 0.764. The van der Waals surface area contributed by atoms with Crippen molar-refractivity contribution < 1.29 is 0 Å². The van der Waals surface area contributed by atoms with Crippen LogP contribution in [0.2, 0.25) is 5.02 Å². The summed E-state index contributed by atoms with van der Waals surface area (Å²) in [6, 6.07) is 14.1. The maximum Gasteiger partial charge on any atom is 0.111 e. The Morgan fingerprint density at radius 1 is 1.17 bits per heavy atom. The van der Waals surface area contributed by atoms with Crippen molar-refractivity contribution in [3.63, 3.8) is 0 Å². The van der Waals surface area contributed by atoms with Crippen LogP contribution in [0.4, 0.5) is 0 Å². The van der Waals surface area contributed by atoms with Gasteiger partial charge in [-0.1, -0.05) is 35.9 Å². The van der Waals surface area contributed by atoms with E-state index in [4.69, 9.17) is 11.6 Å². The van der Waals surface area contributed by atoms with Gasteiger partial charge in [0.05, 0.1) is 11.0 Å². The number of fused-ring (bicyclic) bond motifs is 1. The molecule has 2 aromatic carbocycles. The van der Waals surface area contributed by atoms with Gasteiger partial charge in [-0.15, -0.1) is 0 Å². The van der Waals surface area contributed by atoms with Gasteiger partial charge in [-0.05, 0) is 36.2 Å². The number of aromatic amines is 1. The van der Waals surface area contributed by atoms with Gasteiger partial charge in [0.1, 0.15) is 5.82 Å². The number of H-pyrrole nitrogens is 1. The van der Waals surface area contributed by atoms with Crippen molar-refractivity contribution in [2.75, 3.05) is 0 Å². The molecule has 1 heterocycles. The van der Waals surface area contributed by atoms with Crippen LogP contribution in [0.15, 0.2) is 42.5 Å². The quantitative estimate of drug-likeness (QED) is 0.734. The number of rotatable bonds is 2. The fraction of sp³-hybridized carbons (Fsp3) is 0.133. The van der Waals surface area contributed by atoms with Crippen LogP contribution in [-0.2, 0) is 6.42 Å². The smallest absolute Gasteiger partial charge is 0.111 e. The number of nitrogens with one attached hydrogen (secondary N) is 1. The highest BCUT2D eigenvalue weighted by Gasteiger charge is 2.05. The molecule has 0 atom stereocenters. The highest BCUT2D eigenvalue weighted by molar-refractivity contribution is 6.30. The Labute approximate surface area is 111 Å². The lowest BCUT2D eigenvalue weighted by Gasteiger charge is -1.98. The zero-order chi connectivity index (χ0) is 12.5. The lowest BCUT2D eigenvalue weighted by molar-refractivity contribution is 1.04. The topological polar surface area (TPSA) is 28.7 Å². The van der Waals surface area contributed by atoms with Crippen LogP contribution in [0.25, 0.3) is 11.0 Å². The van der Waals surface area contributed by atoms with Gasteiger partial charge in [0.2, 0.25) is 0 Å². The van der Waals surface area contributed by atoms with Gasteiger partial charge in [0.15, 0.2) is 0 Å². The third-order valence-electron chi connectivity index (χ3n) is 3.02. The second-order valence-corrected chi connectivity index (χ2v) is 4.90. The zero-order valence-corrected chi connectivity index (χ0v) is 10.8. The van der Waals surface area contributed by atoms with Crippen LogP contribution in [0.3, 0.4) is 0 Å². The number of imidazole rings is 1. The number of benzene rings is 2. The Morgan fingerprint density at radius 2 is 2.00 bits per heavy atom. The molecule has 0 fully saturated rings. The van der Waals surface area contributed by atoms with Gasteiger partial charge in [-0.3, -0.25) is 0 Å². The molecule has 3 rings (SSSR count). The zero-order valence-electron chi connectivity index (χ0n) is 10.1. The van der Waals surface area contributed by atoms with Gasteiger partial charge < -0.3 is 4.98 Å². The fourth-order valence-electron chi connectivity index (χ4n) is 2.15. The predicted molar refractivity (Wildman–Crippen MR) is 75.1 cm³/mol. The van der Waals surface area contributed by atoms with E-state index in [2.05, 4.69) is 35.1 Å². The van der Waals surface area contributed by atoms with Crippen LogP contribution >= 0.6 is 11.6 Å². The molecule has 3 aromatic rings. The summed E-state index contributed by atoms with van der Waals surface area (Å²) in [4.78, 5) is 7.99. The summed E-state index contributed by atoms with van der Waals surface area (Å²) < 4.78 is 0. The van der Waals surface area contributed by atoms with Crippen LogP contribution in [0.5, 0.6) is 0 Å². The number of aromatic nitrogens is 2. The van der Waals surface area contributed by atoms with E-state index in [0.717, 1.165) is 28.3 Å². The number of nitrogens with zero attached hydrogens (tertiary/aromatic N) is 1. The Hall–Kier alpha value is -1.80. The van der Waals surface area contributed by atoms with E-state index in [1.165, 1.54) is 11.1 Å². The molecule has 0 amide bonds. The normalized spacial score (nSPS) is 11.0. The predicted octanol–water partition coefficient (Wildman–Crippen LogP) is 4.12. The molecule has 0 saturated carbocycles. The molecule has 18 heavy (non-hydrogen) atoms. The van der Waals surface area contributed by atoms with E-state index in [-0.39, 0.29) is 0 Å². The fourth-order valence-corrected chi connectivity index (χ4v) is 2.36. The van der Waals surface area contributed by atoms with Gasteiger partial charge in [0, 0.05) is 11.4 Å². The summed E-state index contributed by atoms with van der Waals surface area (Å²) in [7, 11) is 0. The van der Waals surface area contributed by atoms with Crippen LogP contribution in [-0.4, -0.2) is 9.97 Å². The minimum Gasteiger partial charge on any atom is -0.342 e. The minimum atomic E-state index is 0.764. The summed E-state index contributed by atoms with van der Waals surface area (Å²) in [5.41, 5.74) is 4.50. The molecular formula is C15H13ClN2. The molecule has 90 valence electrons. The first-order valence-corrected chi connectivity index (χ1v) is 6.29. The summed E-state index contributed by atoms with van der Waals surface area (Å²) >= 11 is 5.98. The third-order valence-corrected chi connectivity index (χ3v) is 3.26. The molecule has 0 radical (unpaired) electrons. The van der Waals surface area contributed by atoms with Gasteiger partial charge >= 0.3 is 0 Å². The first-order chi connectivity index (χ1) is 8.72. The second kappa shape index (κ2) is 4.46. The average Bonchev–Trinajstić information content (AvgIpc) is 2.73. The Bertz CT molecular complexity index is 701. The summed E-state index contributed by atoms with van der Waals surface area (Å²) in [6.45, 7) is 2.08. The van der Waals surface area contributed by atoms with Crippen molar-refractivity contribution >= 4 is 22.6 Å². The number of aryl methyl sites for hydroxylation is 1. The van der Waals surface area contributed by atoms with Gasteiger partial charge in [-0.2, -0.15) is 0 Å². The Morgan fingerprint density at radius 3 is 2.78 bits per heavy atom. The average molecular weight is 257 g/mol. The largest absolute Gasteiger partial charge is 0.342 e. The van der Waals surface area contributed by atoms with E-state index >= 15 is 0 Å². The molecule has 0 spiro atoms. The number of hydrogen-bond donors (Lipinski definition) is 1. The molecule has 0 aliphatic rings. The van der Waals surface area contributed by atoms with Gasteiger partial charge in [-0.25, -0.2) is 4.98 Å². The first kappa shape index (κ1) is 11.3. The van der Waals surface area contributed by atoms with E-state index < -0.39 is 0 Å². The van der Waals surface area contributed by atoms with Crippen molar-refractivity contribution in [2.45, 2.75) is 13.3 Å². The lowest BCUT2D eigenvalue weighted by atomic mass is 10.1. The molecule has 3 heteroatoms. The summed E-state index contributed by atoms with van der Waals surface area (Å²) in [6.07, 6.45) is 0.773. The molecule has 0 saturated heterocycles. The summed E-state index contributed by atoms with van der Waals surface area (Å²) in [5.74, 6) is 0.974. The minimum absolute atomic E-state index is 0.764. The maximum atomic E-state index is 5.98. The molecule has 0 aliphatic carbocycles. The second-order valence-electron chi connectivity index (χ2n) is 4.46. The highest BCUT2D eigenvalue weighted by atomic mass is 35.5. The number of halogens is 1. The first-order valence-electron chi connectivity index (χ1n) is 5.91. The molecule has 0 bridgehead atoms. The molecular weight excluding hydrogens is 244 g/mol. The SMILES string of the molecule is Cc1cccc2[nH]c(Cc3cccc(Cl)c3)nc12. The van der Waals surface area contributed by atoms with Crippen molar-refractivity contribution in [3.05, 3.63) is 64.4 Å². The monoisotopic (exact) mass is 256 g/mol. The highest BCUT2D eigenvalue weighted by Crippen LogP contribution is 2.18. The lowest BCUT2D eigenvalue weighted by Crippen LogP contribution is -1.90. The van der Waals surface area contributed by atoms with E-state index in [9.17, 15) is 0 Å². The number of para-hydroxylation sites is 1. The van der Waals surface area contributed by atoms with E-state index in [0.29, 0.717) is 0 Å². The standard InChI is InChI=1S/C15H13ClN2/c1-10-4-2-7-13-15(10)18-14(17-13)9-11-5-3-6-12(16)8-11/h2-8H,9H2,1H3,(H,17,18). The van der Waals surface area contributed by atoms with Crippen LogP contribution in [0, 0.1) is 6.92 Å².